The van der Waals surface area contributed by atoms with Crippen LogP contribution >= 0.6 is 0 Å². The van der Waals surface area contributed by atoms with E-state index < -0.39 is 10.0 Å². The Labute approximate surface area is 126 Å². The van der Waals surface area contributed by atoms with Crippen LogP contribution in [0.15, 0.2) is 17.3 Å². The smallest absolute Gasteiger partial charge is 0.246 e. The summed E-state index contributed by atoms with van der Waals surface area (Å²) in [6.45, 7) is 9.08. The van der Waals surface area contributed by atoms with Crippen LogP contribution in [0.5, 0.6) is 0 Å². The molecule has 0 bridgehead atoms. The van der Waals surface area contributed by atoms with Gasteiger partial charge in [0.2, 0.25) is 10.0 Å². The lowest BCUT2D eigenvalue weighted by Gasteiger charge is -2.41. The van der Waals surface area contributed by atoms with Crippen LogP contribution in [0.3, 0.4) is 0 Å². The quantitative estimate of drug-likeness (QED) is 0.844. The van der Waals surface area contributed by atoms with E-state index in [4.69, 9.17) is 5.11 Å². The minimum Gasteiger partial charge on any atom is -0.394 e. The molecule has 0 radical (unpaired) electrons. The maximum Gasteiger partial charge on any atom is 0.246 e. The second-order valence-corrected chi connectivity index (χ2v) is 8.16. The maximum atomic E-state index is 12.6. The van der Waals surface area contributed by atoms with Crippen molar-refractivity contribution in [2.45, 2.75) is 37.8 Å². The van der Waals surface area contributed by atoms with Gasteiger partial charge in [0.15, 0.2) is 0 Å². The molecule has 1 aromatic heterocycles. The van der Waals surface area contributed by atoms with E-state index >= 15 is 0 Å². The fraction of sp³-hybridized carbons (Fsp3) is 0.769. The third-order valence-electron chi connectivity index (χ3n) is 3.76. The van der Waals surface area contributed by atoms with Crippen LogP contribution < -0.4 is 0 Å². The number of sulfonamides is 1. The molecule has 21 heavy (non-hydrogen) atoms. The van der Waals surface area contributed by atoms with Gasteiger partial charge in [-0.2, -0.15) is 9.40 Å². The normalized spacial score (nSPS) is 19.0. The molecule has 0 saturated carbocycles. The third-order valence-corrected chi connectivity index (χ3v) is 5.62. The summed E-state index contributed by atoms with van der Waals surface area (Å²) in [6, 6.07) is 0. The van der Waals surface area contributed by atoms with Crippen molar-refractivity contribution < 1.29 is 13.5 Å². The number of hydrogen-bond acceptors (Lipinski definition) is 5. The second kappa shape index (κ2) is 6.04. The number of rotatable bonds is 4. The molecule has 1 aliphatic rings. The van der Waals surface area contributed by atoms with Gasteiger partial charge in [-0.1, -0.05) is 0 Å². The molecule has 1 N–H and O–H groups in total. The fourth-order valence-electron chi connectivity index (χ4n) is 2.45. The van der Waals surface area contributed by atoms with Gasteiger partial charge in [-0.3, -0.25) is 9.58 Å². The maximum absolute atomic E-state index is 12.6. The number of aromatic nitrogens is 2. The summed E-state index contributed by atoms with van der Waals surface area (Å²) < 4.78 is 28.1. The molecule has 0 atom stereocenters. The molecular weight excluding hydrogens is 292 g/mol. The van der Waals surface area contributed by atoms with Gasteiger partial charge >= 0.3 is 0 Å². The summed E-state index contributed by atoms with van der Waals surface area (Å²) in [5.41, 5.74) is 0.0574. The summed E-state index contributed by atoms with van der Waals surface area (Å²) in [4.78, 5) is 2.48. The number of aliphatic hydroxyl groups excluding tert-OH is 1. The topological polar surface area (TPSA) is 78.7 Å². The van der Waals surface area contributed by atoms with E-state index in [0.717, 1.165) is 13.1 Å². The van der Waals surface area contributed by atoms with Gasteiger partial charge in [0, 0.05) is 37.9 Å². The molecule has 0 unspecified atom stereocenters. The number of nitrogens with zero attached hydrogens (tertiary/aromatic N) is 4. The highest BCUT2D eigenvalue weighted by molar-refractivity contribution is 7.89. The molecule has 8 heteroatoms. The lowest BCUT2D eigenvalue weighted by molar-refractivity contribution is 0.0922. The average Bonchev–Trinajstić information content (AvgIpc) is 2.88. The second-order valence-electron chi connectivity index (χ2n) is 6.22. The van der Waals surface area contributed by atoms with Crippen LogP contribution in [0.25, 0.3) is 0 Å². The van der Waals surface area contributed by atoms with Crippen molar-refractivity contribution in [3.05, 3.63) is 12.4 Å². The van der Waals surface area contributed by atoms with E-state index in [-0.39, 0.29) is 17.0 Å². The molecule has 1 fully saturated rings. The van der Waals surface area contributed by atoms with Crippen LogP contribution in [0.1, 0.15) is 20.8 Å². The van der Waals surface area contributed by atoms with Crippen molar-refractivity contribution in [1.82, 2.24) is 19.0 Å². The Balaban J connectivity index is 2.07. The number of piperazine rings is 1. The molecule has 2 rings (SSSR count). The minimum atomic E-state index is -3.49. The molecule has 0 aromatic carbocycles. The molecule has 1 aliphatic heterocycles. The summed E-state index contributed by atoms with van der Waals surface area (Å²) in [5.74, 6) is 0. The van der Waals surface area contributed by atoms with Crippen LogP contribution in [0.4, 0.5) is 0 Å². The highest BCUT2D eigenvalue weighted by Crippen LogP contribution is 2.20. The molecule has 0 amide bonds. The van der Waals surface area contributed by atoms with Crippen LogP contribution in [0.2, 0.25) is 0 Å². The van der Waals surface area contributed by atoms with Gasteiger partial charge in [0.05, 0.1) is 19.3 Å². The van der Waals surface area contributed by atoms with Gasteiger partial charge in [-0.05, 0) is 20.8 Å². The molecule has 2 heterocycles. The lowest BCUT2D eigenvalue weighted by atomic mass is 10.1. The number of aliphatic hydroxyl groups is 1. The summed E-state index contributed by atoms with van der Waals surface area (Å²) >= 11 is 0. The van der Waals surface area contributed by atoms with Crippen molar-refractivity contribution in [3.63, 3.8) is 0 Å². The molecule has 1 saturated heterocycles. The Hall–Kier alpha value is -0.960. The van der Waals surface area contributed by atoms with E-state index in [1.54, 1.807) is 0 Å². The predicted octanol–water partition coefficient (Wildman–Crippen LogP) is -0.0198. The van der Waals surface area contributed by atoms with Crippen molar-refractivity contribution >= 4 is 10.0 Å². The largest absolute Gasteiger partial charge is 0.394 e. The van der Waals surface area contributed by atoms with E-state index in [0.29, 0.717) is 19.6 Å². The van der Waals surface area contributed by atoms with E-state index in [1.165, 1.54) is 21.4 Å². The first-order valence-corrected chi connectivity index (χ1v) is 8.57. The Morgan fingerprint density at radius 2 is 1.86 bits per heavy atom. The highest BCUT2D eigenvalue weighted by Gasteiger charge is 2.32. The Kier molecular flexibility index (Phi) is 4.72. The van der Waals surface area contributed by atoms with Crippen LogP contribution in [-0.4, -0.2) is 70.8 Å². The first-order chi connectivity index (χ1) is 9.75. The van der Waals surface area contributed by atoms with Gasteiger partial charge in [-0.25, -0.2) is 8.42 Å². The van der Waals surface area contributed by atoms with Crippen molar-refractivity contribution in [2.24, 2.45) is 0 Å². The number of hydrogen-bond donors (Lipinski definition) is 1. The lowest BCUT2D eigenvalue weighted by Crippen LogP contribution is -2.54. The predicted molar refractivity (Wildman–Crippen MR) is 79.4 cm³/mol. The standard InChI is InChI=1S/C13H24N4O3S/c1-13(2,3)15-4-6-17(7-5-15)21(19,20)12-10-14-16(11-12)8-9-18/h10-11,18H,4-9H2,1-3H3. The molecule has 0 spiro atoms. The molecule has 120 valence electrons. The van der Waals surface area contributed by atoms with Gasteiger partial charge in [0.25, 0.3) is 0 Å². The van der Waals surface area contributed by atoms with Crippen LogP contribution in [0, 0.1) is 0 Å². The zero-order valence-electron chi connectivity index (χ0n) is 12.9. The summed E-state index contributed by atoms with van der Waals surface area (Å²) in [5, 5.41) is 12.8. The first kappa shape index (κ1) is 16.4. The summed E-state index contributed by atoms with van der Waals surface area (Å²) in [6.07, 6.45) is 2.82. The monoisotopic (exact) mass is 316 g/mol. The molecular formula is C13H24N4O3S. The average molecular weight is 316 g/mol. The van der Waals surface area contributed by atoms with Gasteiger partial charge in [0.1, 0.15) is 4.90 Å². The third kappa shape index (κ3) is 3.63. The molecule has 1 aromatic rings. The zero-order chi connectivity index (χ0) is 15.7. The van der Waals surface area contributed by atoms with Crippen molar-refractivity contribution in [2.75, 3.05) is 32.8 Å². The molecule has 0 aliphatic carbocycles. The minimum absolute atomic E-state index is 0.0574. The van der Waals surface area contributed by atoms with Gasteiger partial charge in [-0.15, -0.1) is 0 Å². The van der Waals surface area contributed by atoms with E-state index in [2.05, 4.69) is 30.8 Å². The Morgan fingerprint density at radius 1 is 1.24 bits per heavy atom. The van der Waals surface area contributed by atoms with Crippen molar-refractivity contribution in [3.8, 4) is 0 Å². The highest BCUT2D eigenvalue weighted by atomic mass is 32.2. The Bertz CT molecular complexity index is 568. The van der Waals surface area contributed by atoms with E-state index in [1.807, 2.05) is 0 Å². The summed E-state index contributed by atoms with van der Waals surface area (Å²) in [7, 11) is -3.49. The van der Waals surface area contributed by atoms with Crippen LogP contribution in [-0.2, 0) is 16.6 Å². The SMILES string of the molecule is CC(C)(C)N1CCN(S(=O)(=O)c2cnn(CCO)c2)CC1. The molecule has 7 nitrogen and oxygen atoms in total. The van der Waals surface area contributed by atoms with E-state index in [9.17, 15) is 8.42 Å². The van der Waals surface area contributed by atoms with Crippen molar-refractivity contribution in [1.29, 1.82) is 0 Å². The van der Waals surface area contributed by atoms with Gasteiger partial charge < -0.3 is 5.11 Å². The fourth-order valence-corrected chi connectivity index (χ4v) is 3.83. The zero-order valence-corrected chi connectivity index (χ0v) is 13.7. The Morgan fingerprint density at radius 3 is 2.38 bits per heavy atom. The first-order valence-electron chi connectivity index (χ1n) is 7.13.